The third-order valence-corrected chi connectivity index (χ3v) is 3.24. The largest absolute Gasteiger partial charge is 0.302 e. The molecule has 16 heavy (non-hydrogen) atoms. The van der Waals surface area contributed by atoms with Gasteiger partial charge in [0.15, 0.2) is 0 Å². The SMILES string of the molecule is Cc1cc(NN2C(C)CCCC2C)ncn1. The summed E-state index contributed by atoms with van der Waals surface area (Å²) in [4.78, 5) is 8.34. The second-order valence-electron chi connectivity index (χ2n) is 4.69. The lowest BCUT2D eigenvalue weighted by Crippen LogP contribution is -2.47. The summed E-state index contributed by atoms with van der Waals surface area (Å²) in [6, 6.07) is 3.12. The number of aromatic nitrogens is 2. The van der Waals surface area contributed by atoms with E-state index in [4.69, 9.17) is 0 Å². The Labute approximate surface area is 97.1 Å². The predicted molar refractivity (Wildman–Crippen MR) is 65.0 cm³/mol. The van der Waals surface area contributed by atoms with E-state index in [1.807, 2.05) is 13.0 Å². The average molecular weight is 220 g/mol. The highest BCUT2D eigenvalue weighted by Crippen LogP contribution is 2.22. The topological polar surface area (TPSA) is 41.0 Å². The van der Waals surface area contributed by atoms with Gasteiger partial charge in [0.25, 0.3) is 0 Å². The second kappa shape index (κ2) is 4.78. The fraction of sp³-hybridized carbons (Fsp3) is 0.667. The zero-order chi connectivity index (χ0) is 11.5. The minimum atomic E-state index is 0.569. The lowest BCUT2D eigenvalue weighted by atomic mass is 10.00. The molecule has 1 aliphatic heterocycles. The number of rotatable bonds is 2. The molecular formula is C12H20N4. The molecule has 0 aromatic carbocycles. The monoisotopic (exact) mass is 220 g/mol. The summed E-state index contributed by atoms with van der Waals surface area (Å²) < 4.78 is 0. The first-order valence-corrected chi connectivity index (χ1v) is 6.00. The number of hydrogen-bond donors (Lipinski definition) is 1. The fourth-order valence-electron chi connectivity index (χ4n) is 2.29. The molecule has 1 saturated heterocycles. The third-order valence-electron chi connectivity index (χ3n) is 3.24. The highest BCUT2D eigenvalue weighted by molar-refractivity contribution is 5.33. The first-order valence-electron chi connectivity index (χ1n) is 6.00. The molecule has 0 saturated carbocycles. The molecule has 1 aromatic heterocycles. The van der Waals surface area contributed by atoms with Crippen LogP contribution in [0.15, 0.2) is 12.4 Å². The van der Waals surface area contributed by atoms with E-state index >= 15 is 0 Å². The Morgan fingerprint density at radius 2 is 1.94 bits per heavy atom. The van der Waals surface area contributed by atoms with Gasteiger partial charge in [-0.2, -0.15) is 0 Å². The van der Waals surface area contributed by atoms with E-state index in [-0.39, 0.29) is 0 Å². The smallest absolute Gasteiger partial charge is 0.143 e. The number of nitrogens with zero attached hydrogens (tertiary/aromatic N) is 3. The van der Waals surface area contributed by atoms with Gasteiger partial charge in [-0.1, -0.05) is 6.42 Å². The van der Waals surface area contributed by atoms with Crippen LogP contribution in [0.25, 0.3) is 0 Å². The summed E-state index contributed by atoms with van der Waals surface area (Å²) >= 11 is 0. The summed E-state index contributed by atoms with van der Waals surface area (Å²) in [5.74, 6) is 0.896. The fourth-order valence-corrected chi connectivity index (χ4v) is 2.29. The quantitative estimate of drug-likeness (QED) is 0.830. The molecule has 4 heteroatoms. The van der Waals surface area contributed by atoms with Crippen molar-refractivity contribution < 1.29 is 0 Å². The van der Waals surface area contributed by atoms with Crippen LogP contribution in [0.1, 0.15) is 38.8 Å². The number of hydrogen-bond acceptors (Lipinski definition) is 4. The van der Waals surface area contributed by atoms with Gasteiger partial charge < -0.3 is 5.43 Å². The van der Waals surface area contributed by atoms with Crippen LogP contribution < -0.4 is 5.43 Å². The molecule has 2 heterocycles. The lowest BCUT2D eigenvalue weighted by molar-refractivity contribution is 0.135. The van der Waals surface area contributed by atoms with Crippen LogP contribution in [0.4, 0.5) is 5.82 Å². The maximum atomic E-state index is 4.24. The summed E-state index contributed by atoms with van der Waals surface area (Å²) in [6.07, 6.45) is 5.43. The first kappa shape index (κ1) is 11.3. The van der Waals surface area contributed by atoms with Crippen LogP contribution in [-0.4, -0.2) is 27.1 Å². The van der Waals surface area contributed by atoms with Crippen LogP contribution in [0, 0.1) is 6.92 Å². The molecule has 1 N–H and O–H groups in total. The molecule has 2 unspecified atom stereocenters. The number of nitrogens with one attached hydrogen (secondary N) is 1. The van der Waals surface area contributed by atoms with Crippen LogP contribution in [0.2, 0.25) is 0 Å². The molecule has 1 fully saturated rings. The lowest BCUT2D eigenvalue weighted by Gasteiger charge is -2.39. The van der Waals surface area contributed by atoms with E-state index in [0.29, 0.717) is 12.1 Å². The molecule has 0 radical (unpaired) electrons. The molecule has 1 aliphatic rings. The first-order chi connectivity index (χ1) is 7.66. The highest BCUT2D eigenvalue weighted by atomic mass is 15.5. The van der Waals surface area contributed by atoms with Crippen molar-refractivity contribution in [2.75, 3.05) is 5.43 Å². The zero-order valence-electron chi connectivity index (χ0n) is 10.3. The van der Waals surface area contributed by atoms with E-state index in [1.54, 1.807) is 6.33 Å². The number of aryl methyl sites for hydroxylation is 1. The Bertz CT molecular complexity index is 343. The van der Waals surface area contributed by atoms with Crippen LogP contribution in [0.5, 0.6) is 0 Å². The van der Waals surface area contributed by atoms with Crippen molar-refractivity contribution in [3.05, 3.63) is 18.1 Å². The Morgan fingerprint density at radius 3 is 2.56 bits per heavy atom. The van der Waals surface area contributed by atoms with Crippen LogP contribution in [-0.2, 0) is 0 Å². The van der Waals surface area contributed by atoms with Gasteiger partial charge in [-0.05, 0) is 33.6 Å². The Balaban J connectivity index is 2.07. The molecular weight excluding hydrogens is 200 g/mol. The van der Waals surface area contributed by atoms with Gasteiger partial charge in [0.1, 0.15) is 12.1 Å². The van der Waals surface area contributed by atoms with Crippen molar-refractivity contribution in [3.8, 4) is 0 Å². The number of hydrazine groups is 1. The molecule has 0 spiro atoms. The Morgan fingerprint density at radius 1 is 1.25 bits per heavy atom. The van der Waals surface area contributed by atoms with Gasteiger partial charge >= 0.3 is 0 Å². The summed E-state index contributed by atoms with van der Waals surface area (Å²) in [6.45, 7) is 6.50. The highest BCUT2D eigenvalue weighted by Gasteiger charge is 2.24. The van der Waals surface area contributed by atoms with Gasteiger partial charge in [0, 0.05) is 23.8 Å². The van der Waals surface area contributed by atoms with Crippen molar-refractivity contribution in [2.45, 2.75) is 52.1 Å². The van der Waals surface area contributed by atoms with E-state index in [1.165, 1.54) is 19.3 Å². The summed E-state index contributed by atoms with van der Waals surface area (Å²) in [7, 11) is 0. The van der Waals surface area contributed by atoms with E-state index in [2.05, 4.69) is 34.3 Å². The number of piperidine rings is 1. The molecule has 2 atom stereocenters. The second-order valence-corrected chi connectivity index (χ2v) is 4.69. The van der Waals surface area contributed by atoms with Crippen molar-refractivity contribution in [1.82, 2.24) is 15.0 Å². The van der Waals surface area contributed by atoms with Crippen molar-refractivity contribution in [1.29, 1.82) is 0 Å². The van der Waals surface area contributed by atoms with Gasteiger partial charge in [0.2, 0.25) is 0 Å². The van der Waals surface area contributed by atoms with E-state index in [9.17, 15) is 0 Å². The zero-order valence-corrected chi connectivity index (χ0v) is 10.3. The number of anilines is 1. The predicted octanol–water partition coefficient (Wildman–Crippen LogP) is 2.37. The maximum Gasteiger partial charge on any atom is 0.143 e. The molecule has 0 amide bonds. The summed E-state index contributed by atoms with van der Waals surface area (Å²) in [5.41, 5.74) is 4.40. The Hall–Kier alpha value is -1.16. The molecule has 0 bridgehead atoms. The molecule has 88 valence electrons. The van der Waals surface area contributed by atoms with Gasteiger partial charge in [-0.3, -0.25) is 0 Å². The Kier molecular flexibility index (Phi) is 3.39. The third kappa shape index (κ3) is 2.50. The van der Waals surface area contributed by atoms with Crippen molar-refractivity contribution >= 4 is 5.82 Å². The average Bonchev–Trinajstić information content (AvgIpc) is 2.24. The van der Waals surface area contributed by atoms with Crippen molar-refractivity contribution in [2.24, 2.45) is 0 Å². The van der Waals surface area contributed by atoms with Crippen LogP contribution in [0.3, 0.4) is 0 Å². The minimum absolute atomic E-state index is 0.569. The molecule has 2 rings (SSSR count). The maximum absolute atomic E-state index is 4.24. The van der Waals surface area contributed by atoms with Gasteiger partial charge in [-0.15, -0.1) is 0 Å². The van der Waals surface area contributed by atoms with E-state index < -0.39 is 0 Å². The molecule has 1 aromatic rings. The minimum Gasteiger partial charge on any atom is -0.302 e. The van der Waals surface area contributed by atoms with Crippen LogP contribution >= 0.6 is 0 Å². The normalized spacial score (nSPS) is 26.7. The standard InChI is InChI=1S/C12H20N4/c1-9-7-12(14-8-13-9)15-16-10(2)5-4-6-11(16)3/h7-8,10-11H,4-6H2,1-3H3,(H,13,14,15). The van der Waals surface area contributed by atoms with Crippen molar-refractivity contribution in [3.63, 3.8) is 0 Å². The van der Waals surface area contributed by atoms with Gasteiger partial charge in [0.05, 0.1) is 0 Å². The van der Waals surface area contributed by atoms with E-state index in [0.717, 1.165) is 11.5 Å². The van der Waals surface area contributed by atoms with Gasteiger partial charge in [-0.25, -0.2) is 15.0 Å². The summed E-state index contributed by atoms with van der Waals surface area (Å²) in [5, 5.41) is 2.31. The molecule has 0 aliphatic carbocycles. The molecule has 4 nitrogen and oxygen atoms in total.